The molecule has 1 saturated heterocycles. The largest absolute Gasteiger partial charge is 0.353 e. The molecule has 2 fully saturated rings. The number of nitrogens with zero attached hydrogens (tertiary/aromatic N) is 5. The summed E-state index contributed by atoms with van der Waals surface area (Å²) >= 11 is 0. The van der Waals surface area contributed by atoms with Gasteiger partial charge in [-0.05, 0) is 43.0 Å². The van der Waals surface area contributed by atoms with Crippen molar-refractivity contribution >= 4 is 23.4 Å². The van der Waals surface area contributed by atoms with Crippen LogP contribution in [0, 0.1) is 0 Å². The van der Waals surface area contributed by atoms with Gasteiger partial charge in [0.15, 0.2) is 0 Å². The molecule has 9 heteroatoms. The summed E-state index contributed by atoms with van der Waals surface area (Å²) in [5.41, 5.74) is 2.78. The maximum Gasteiger partial charge on any atom is 0.237 e. The van der Waals surface area contributed by atoms with Crippen LogP contribution in [0.3, 0.4) is 0 Å². The first-order valence-electron chi connectivity index (χ1n) is 14.8. The van der Waals surface area contributed by atoms with Crippen LogP contribution in [0.5, 0.6) is 0 Å². The fraction of sp³-hybridized carbons (Fsp3) is 0.548. The molecule has 214 valence electrons. The van der Waals surface area contributed by atoms with Crippen LogP contribution in [-0.2, 0) is 27.5 Å². The zero-order valence-corrected chi connectivity index (χ0v) is 23.6. The van der Waals surface area contributed by atoms with Crippen LogP contribution in [0.4, 0.5) is 5.69 Å². The molecule has 3 heterocycles. The van der Waals surface area contributed by atoms with Crippen LogP contribution in [0.1, 0.15) is 56.7 Å². The highest BCUT2D eigenvalue weighted by Crippen LogP contribution is 2.28. The van der Waals surface area contributed by atoms with Gasteiger partial charge in [-0.2, -0.15) is 0 Å². The van der Waals surface area contributed by atoms with E-state index in [2.05, 4.69) is 20.1 Å². The van der Waals surface area contributed by atoms with Crippen molar-refractivity contribution in [3.05, 3.63) is 59.9 Å². The van der Waals surface area contributed by atoms with Crippen molar-refractivity contribution in [3.63, 3.8) is 0 Å². The Labute approximate surface area is 237 Å². The van der Waals surface area contributed by atoms with Gasteiger partial charge < -0.3 is 15.1 Å². The lowest BCUT2D eigenvalue weighted by molar-refractivity contribution is -0.140. The van der Waals surface area contributed by atoms with E-state index in [1.54, 1.807) is 13.1 Å². The van der Waals surface area contributed by atoms with Crippen LogP contribution in [0.25, 0.3) is 0 Å². The quantitative estimate of drug-likeness (QED) is 0.621. The van der Waals surface area contributed by atoms with Crippen molar-refractivity contribution in [2.75, 3.05) is 44.2 Å². The summed E-state index contributed by atoms with van der Waals surface area (Å²) < 4.78 is 0. The SMILES string of the molecule is CC(=O)N1CCCN(Cc2ccccn2)CCN(C(=O)CC2C(=O)NCCN2C2CCCC2)Cc2ccccc21. The number of fused-ring (bicyclic) bond motifs is 1. The summed E-state index contributed by atoms with van der Waals surface area (Å²) in [5.74, 6) is -0.0671. The monoisotopic (exact) mass is 546 g/mol. The van der Waals surface area contributed by atoms with E-state index in [-0.39, 0.29) is 24.1 Å². The first-order valence-corrected chi connectivity index (χ1v) is 14.8. The predicted octanol–water partition coefficient (Wildman–Crippen LogP) is 2.80. The number of pyridine rings is 1. The van der Waals surface area contributed by atoms with Gasteiger partial charge in [0.25, 0.3) is 0 Å². The number of para-hydroxylation sites is 1. The minimum absolute atomic E-state index is 0.00747. The maximum atomic E-state index is 14.0. The Balaban J connectivity index is 1.40. The average molecular weight is 547 g/mol. The lowest BCUT2D eigenvalue weighted by Gasteiger charge is -2.39. The highest BCUT2D eigenvalue weighted by molar-refractivity contribution is 5.92. The van der Waals surface area contributed by atoms with Crippen LogP contribution in [-0.4, -0.2) is 88.8 Å². The number of carbonyl (C=O) groups excluding carboxylic acids is 3. The third-order valence-electron chi connectivity index (χ3n) is 8.56. The van der Waals surface area contributed by atoms with Gasteiger partial charge in [-0.15, -0.1) is 0 Å². The smallest absolute Gasteiger partial charge is 0.237 e. The molecule has 1 aliphatic carbocycles. The molecule has 40 heavy (non-hydrogen) atoms. The van der Waals surface area contributed by atoms with E-state index in [1.807, 2.05) is 52.3 Å². The minimum atomic E-state index is -0.434. The van der Waals surface area contributed by atoms with Crippen molar-refractivity contribution in [1.29, 1.82) is 0 Å². The molecule has 1 aromatic heterocycles. The Morgan fingerprint density at radius 2 is 1.75 bits per heavy atom. The summed E-state index contributed by atoms with van der Waals surface area (Å²) in [6.07, 6.45) is 7.35. The number of nitrogens with one attached hydrogen (secondary N) is 1. The fourth-order valence-electron chi connectivity index (χ4n) is 6.47. The molecule has 2 aromatic rings. The van der Waals surface area contributed by atoms with E-state index in [1.165, 1.54) is 12.8 Å². The molecule has 3 aliphatic rings. The summed E-state index contributed by atoms with van der Waals surface area (Å²) in [6, 6.07) is 13.8. The Bertz CT molecular complexity index is 1170. The average Bonchev–Trinajstić information content (AvgIpc) is 3.48. The van der Waals surface area contributed by atoms with E-state index in [9.17, 15) is 14.4 Å². The third kappa shape index (κ3) is 6.88. The number of benzene rings is 1. The van der Waals surface area contributed by atoms with Gasteiger partial charge in [0.1, 0.15) is 0 Å². The number of aromatic nitrogens is 1. The van der Waals surface area contributed by atoms with Crippen molar-refractivity contribution in [2.45, 2.75) is 70.6 Å². The Kier molecular flexibility index (Phi) is 9.44. The number of carbonyl (C=O) groups is 3. The second-order valence-corrected chi connectivity index (χ2v) is 11.3. The van der Waals surface area contributed by atoms with E-state index in [4.69, 9.17) is 0 Å². The van der Waals surface area contributed by atoms with Gasteiger partial charge in [0.2, 0.25) is 17.7 Å². The highest BCUT2D eigenvalue weighted by atomic mass is 16.2. The molecule has 1 N–H and O–H groups in total. The van der Waals surface area contributed by atoms with Gasteiger partial charge in [0, 0.05) is 77.2 Å². The summed E-state index contributed by atoms with van der Waals surface area (Å²) in [5, 5.41) is 3.00. The van der Waals surface area contributed by atoms with Crippen LogP contribution in [0.2, 0.25) is 0 Å². The number of hydrogen-bond acceptors (Lipinski definition) is 6. The molecular weight excluding hydrogens is 504 g/mol. The summed E-state index contributed by atoms with van der Waals surface area (Å²) in [6.45, 7) is 6.73. The second-order valence-electron chi connectivity index (χ2n) is 11.3. The number of anilines is 1. The van der Waals surface area contributed by atoms with Crippen molar-refractivity contribution in [1.82, 2.24) is 25.0 Å². The normalized spacial score (nSPS) is 21.9. The summed E-state index contributed by atoms with van der Waals surface area (Å²) in [7, 11) is 0. The van der Waals surface area contributed by atoms with Crippen LogP contribution in [0.15, 0.2) is 48.7 Å². The number of amides is 3. The molecule has 1 unspecified atom stereocenters. The van der Waals surface area contributed by atoms with E-state index < -0.39 is 6.04 Å². The lowest BCUT2D eigenvalue weighted by atomic mass is 10.0. The van der Waals surface area contributed by atoms with Crippen molar-refractivity contribution < 1.29 is 14.4 Å². The van der Waals surface area contributed by atoms with Gasteiger partial charge in [-0.3, -0.25) is 29.2 Å². The maximum absolute atomic E-state index is 14.0. The minimum Gasteiger partial charge on any atom is -0.353 e. The molecule has 9 nitrogen and oxygen atoms in total. The van der Waals surface area contributed by atoms with E-state index in [0.717, 1.165) is 49.3 Å². The van der Waals surface area contributed by atoms with Crippen LogP contribution >= 0.6 is 0 Å². The van der Waals surface area contributed by atoms with Crippen molar-refractivity contribution in [2.24, 2.45) is 0 Å². The van der Waals surface area contributed by atoms with Gasteiger partial charge in [-0.1, -0.05) is 37.1 Å². The van der Waals surface area contributed by atoms with E-state index in [0.29, 0.717) is 45.3 Å². The molecule has 1 atom stereocenters. The Morgan fingerprint density at radius 3 is 2.52 bits per heavy atom. The topological polar surface area (TPSA) is 89.1 Å². The molecule has 0 spiro atoms. The molecule has 0 radical (unpaired) electrons. The third-order valence-corrected chi connectivity index (χ3v) is 8.56. The summed E-state index contributed by atoms with van der Waals surface area (Å²) in [4.78, 5) is 52.6. The first-order chi connectivity index (χ1) is 19.5. The highest BCUT2D eigenvalue weighted by Gasteiger charge is 2.37. The van der Waals surface area contributed by atoms with Gasteiger partial charge in [-0.25, -0.2) is 0 Å². The number of piperazine rings is 1. The van der Waals surface area contributed by atoms with Gasteiger partial charge in [0.05, 0.1) is 18.2 Å². The second kappa shape index (κ2) is 13.4. The lowest BCUT2D eigenvalue weighted by Crippen LogP contribution is -2.59. The number of hydrogen-bond donors (Lipinski definition) is 1. The standard InChI is InChI=1S/C31H42N6O3/c1-24(38)36-17-8-16-34(23-26-10-6-7-14-32-26)19-20-35(22-25-9-2-5-13-28(25)36)30(39)21-29-31(40)33-15-18-37(29)27-11-3-4-12-27/h2,5-7,9-10,13-14,27,29H,3-4,8,11-12,15-23H2,1H3,(H,33,40). The fourth-order valence-corrected chi connectivity index (χ4v) is 6.47. The predicted molar refractivity (Wildman–Crippen MR) is 154 cm³/mol. The molecule has 1 aromatic carbocycles. The first kappa shape index (κ1) is 28.2. The molecule has 0 bridgehead atoms. The Morgan fingerprint density at radius 1 is 0.950 bits per heavy atom. The van der Waals surface area contributed by atoms with E-state index >= 15 is 0 Å². The zero-order chi connectivity index (χ0) is 27.9. The van der Waals surface area contributed by atoms with Crippen molar-refractivity contribution in [3.8, 4) is 0 Å². The van der Waals surface area contributed by atoms with Crippen LogP contribution < -0.4 is 10.2 Å². The zero-order valence-electron chi connectivity index (χ0n) is 23.6. The Hall–Kier alpha value is -3.30. The van der Waals surface area contributed by atoms with Gasteiger partial charge >= 0.3 is 0 Å². The molecule has 5 rings (SSSR count). The number of rotatable bonds is 5. The molecular formula is C31H42N6O3. The molecule has 1 saturated carbocycles. The molecule has 3 amide bonds. The molecule has 2 aliphatic heterocycles.